The van der Waals surface area contributed by atoms with Gasteiger partial charge in [-0.15, -0.1) is 0 Å². The van der Waals surface area contributed by atoms with Gasteiger partial charge in [-0.3, -0.25) is 0 Å². The molecular weight excluding hydrogens is 172 g/mol. The van der Waals surface area contributed by atoms with E-state index >= 15 is 0 Å². The van der Waals surface area contributed by atoms with E-state index in [0.717, 1.165) is 11.8 Å². The number of hydrogen-bond donors (Lipinski definition) is 0. The van der Waals surface area contributed by atoms with E-state index < -0.39 is 0 Å². The van der Waals surface area contributed by atoms with Crippen LogP contribution in [0.3, 0.4) is 0 Å². The number of rotatable bonds is 0. The molecule has 2 bridgehead atoms. The normalized spacial score (nSPS) is 50.1. The average molecular weight is 194 g/mol. The van der Waals surface area contributed by atoms with Crippen molar-refractivity contribution < 1.29 is 4.74 Å². The van der Waals surface area contributed by atoms with Crippen LogP contribution in [-0.4, -0.2) is 11.2 Å². The van der Waals surface area contributed by atoms with Crippen LogP contribution in [0, 0.1) is 11.8 Å². The fourth-order valence-electron chi connectivity index (χ4n) is 4.26. The molecule has 3 atom stereocenters. The van der Waals surface area contributed by atoms with Crippen molar-refractivity contribution in [1.29, 1.82) is 0 Å². The predicted molar refractivity (Wildman–Crippen MR) is 57.2 cm³/mol. The standard InChI is InChI=1S/C13H22O/c1-12(2)11-7-6-10-5-3-4-8-13(10,9-11)14-12/h10-11H,3-9H2,1-2H3. The molecule has 3 rings (SSSR count). The fraction of sp³-hybridized carbons (Fsp3) is 1.00. The van der Waals surface area contributed by atoms with Crippen molar-refractivity contribution in [1.82, 2.24) is 0 Å². The summed E-state index contributed by atoms with van der Waals surface area (Å²) in [4.78, 5) is 0. The van der Waals surface area contributed by atoms with Crippen LogP contribution in [0.25, 0.3) is 0 Å². The Morgan fingerprint density at radius 3 is 2.64 bits per heavy atom. The highest BCUT2D eigenvalue weighted by molar-refractivity contribution is 5.06. The van der Waals surface area contributed by atoms with Crippen LogP contribution in [-0.2, 0) is 4.74 Å². The van der Waals surface area contributed by atoms with Crippen molar-refractivity contribution >= 4 is 0 Å². The third kappa shape index (κ3) is 1.11. The molecule has 3 fully saturated rings. The van der Waals surface area contributed by atoms with Crippen LogP contribution in [0.5, 0.6) is 0 Å². The quantitative estimate of drug-likeness (QED) is 0.573. The van der Waals surface area contributed by atoms with Gasteiger partial charge in [0.2, 0.25) is 0 Å². The van der Waals surface area contributed by atoms with Crippen LogP contribution in [0.2, 0.25) is 0 Å². The molecule has 0 amide bonds. The van der Waals surface area contributed by atoms with Crippen molar-refractivity contribution in [2.75, 3.05) is 0 Å². The summed E-state index contributed by atoms with van der Waals surface area (Å²) in [6.45, 7) is 4.62. The first-order valence-electron chi connectivity index (χ1n) is 6.33. The summed E-state index contributed by atoms with van der Waals surface area (Å²) in [6, 6.07) is 0. The van der Waals surface area contributed by atoms with E-state index in [1.165, 1.54) is 44.9 Å². The Morgan fingerprint density at radius 1 is 1.00 bits per heavy atom. The molecule has 0 N–H and O–H groups in total. The lowest BCUT2D eigenvalue weighted by molar-refractivity contribution is -0.129. The van der Waals surface area contributed by atoms with Gasteiger partial charge in [0.1, 0.15) is 0 Å². The summed E-state index contributed by atoms with van der Waals surface area (Å²) in [5.41, 5.74) is 0.497. The van der Waals surface area contributed by atoms with Crippen LogP contribution < -0.4 is 0 Å². The van der Waals surface area contributed by atoms with Gasteiger partial charge >= 0.3 is 0 Å². The molecule has 0 radical (unpaired) electrons. The molecule has 0 aromatic heterocycles. The maximum Gasteiger partial charge on any atom is 0.0721 e. The summed E-state index contributed by atoms with van der Waals surface area (Å²) in [7, 11) is 0. The minimum Gasteiger partial charge on any atom is -0.369 e. The Balaban J connectivity index is 1.92. The lowest BCUT2D eigenvalue weighted by atomic mass is 9.65. The second kappa shape index (κ2) is 2.75. The largest absolute Gasteiger partial charge is 0.369 e. The van der Waals surface area contributed by atoms with E-state index in [1.807, 2.05) is 0 Å². The minimum atomic E-state index is 0.173. The first-order valence-corrected chi connectivity index (χ1v) is 6.33. The zero-order valence-electron chi connectivity index (χ0n) is 9.51. The van der Waals surface area contributed by atoms with Crippen molar-refractivity contribution in [3.05, 3.63) is 0 Å². The van der Waals surface area contributed by atoms with Gasteiger partial charge in [0, 0.05) is 0 Å². The number of fused-ring (bicyclic) bond motifs is 1. The smallest absolute Gasteiger partial charge is 0.0721 e. The van der Waals surface area contributed by atoms with Gasteiger partial charge in [0.25, 0.3) is 0 Å². The van der Waals surface area contributed by atoms with Gasteiger partial charge in [-0.05, 0) is 57.8 Å². The lowest BCUT2D eigenvalue weighted by Gasteiger charge is -2.43. The molecule has 1 saturated heterocycles. The Labute approximate surface area is 87.2 Å². The second-order valence-electron chi connectivity index (χ2n) is 6.19. The van der Waals surface area contributed by atoms with Crippen LogP contribution >= 0.6 is 0 Å². The van der Waals surface area contributed by atoms with Crippen LogP contribution in [0.4, 0.5) is 0 Å². The van der Waals surface area contributed by atoms with Crippen molar-refractivity contribution in [3.8, 4) is 0 Å². The molecule has 2 saturated carbocycles. The molecule has 3 unspecified atom stereocenters. The SMILES string of the molecule is CC1(C)OC23CCCCC2CCC1C3. The highest BCUT2D eigenvalue weighted by Gasteiger charge is 2.57. The van der Waals surface area contributed by atoms with Gasteiger partial charge in [-0.1, -0.05) is 12.8 Å². The molecule has 1 aliphatic heterocycles. The molecule has 1 heterocycles. The van der Waals surface area contributed by atoms with E-state index in [4.69, 9.17) is 4.74 Å². The summed E-state index contributed by atoms with van der Waals surface area (Å²) in [5, 5.41) is 0. The van der Waals surface area contributed by atoms with E-state index in [1.54, 1.807) is 0 Å². The first-order chi connectivity index (χ1) is 6.62. The lowest BCUT2D eigenvalue weighted by Crippen LogP contribution is -2.42. The highest BCUT2D eigenvalue weighted by Crippen LogP contribution is 2.58. The zero-order valence-corrected chi connectivity index (χ0v) is 9.51. The predicted octanol–water partition coefficient (Wildman–Crippen LogP) is 3.52. The monoisotopic (exact) mass is 194 g/mol. The summed E-state index contributed by atoms with van der Waals surface area (Å²) in [6.07, 6.45) is 9.85. The van der Waals surface area contributed by atoms with Gasteiger partial charge in [-0.25, -0.2) is 0 Å². The Bertz CT molecular complexity index is 246. The van der Waals surface area contributed by atoms with Gasteiger partial charge in [0.05, 0.1) is 11.2 Å². The van der Waals surface area contributed by atoms with Gasteiger partial charge < -0.3 is 4.74 Å². The topological polar surface area (TPSA) is 9.23 Å². The Kier molecular flexibility index (Phi) is 1.81. The fourth-order valence-corrected chi connectivity index (χ4v) is 4.26. The minimum absolute atomic E-state index is 0.173. The van der Waals surface area contributed by atoms with Crippen molar-refractivity contribution in [2.45, 2.75) is 70.0 Å². The molecule has 14 heavy (non-hydrogen) atoms. The van der Waals surface area contributed by atoms with E-state index in [0.29, 0.717) is 5.60 Å². The number of ether oxygens (including phenoxy) is 1. The molecule has 80 valence electrons. The summed E-state index contributed by atoms with van der Waals surface area (Å²) in [5.74, 6) is 1.74. The third-order valence-corrected chi connectivity index (χ3v) is 5.05. The zero-order chi connectivity index (χ0) is 9.81. The summed E-state index contributed by atoms with van der Waals surface area (Å²) < 4.78 is 6.46. The van der Waals surface area contributed by atoms with Crippen molar-refractivity contribution in [3.63, 3.8) is 0 Å². The maximum absolute atomic E-state index is 6.46. The van der Waals surface area contributed by atoms with E-state index in [2.05, 4.69) is 13.8 Å². The molecule has 2 aliphatic carbocycles. The summed E-state index contributed by atoms with van der Waals surface area (Å²) >= 11 is 0. The van der Waals surface area contributed by atoms with Gasteiger partial charge in [0.15, 0.2) is 0 Å². The van der Waals surface area contributed by atoms with Crippen LogP contribution in [0.15, 0.2) is 0 Å². The Hall–Kier alpha value is -0.0400. The molecular formula is C13H22O. The van der Waals surface area contributed by atoms with Gasteiger partial charge in [-0.2, -0.15) is 0 Å². The first kappa shape index (κ1) is 9.21. The second-order valence-corrected chi connectivity index (χ2v) is 6.19. The molecule has 1 heteroatoms. The molecule has 0 aromatic rings. The van der Waals surface area contributed by atoms with E-state index in [9.17, 15) is 0 Å². The highest BCUT2D eigenvalue weighted by atomic mass is 16.5. The van der Waals surface area contributed by atoms with E-state index in [-0.39, 0.29) is 5.60 Å². The van der Waals surface area contributed by atoms with Crippen molar-refractivity contribution in [2.24, 2.45) is 11.8 Å². The molecule has 0 aromatic carbocycles. The third-order valence-electron chi connectivity index (χ3n) is 5.05. The maximum atomic E-state index is 6.46. The average Bonchev–Trinajstić information content (AvgIpc) is 2.33. The molecule has 1 spiro atoms. The van der Waals surface area contributed by atoms with Crippen LogP contribution in [0.1, 0.15) is 58.8 Å². The number of hydrogen-bond acceptors (Lipinski definition) is 1. The molecule has 1 nitrogen and oxygen atoms in total. The molecule has 3 aliphatic rings. The Morgan fingerprint density at radius 2 is 1.79 bits per heavy atom.